The summed E-state index contributed by atoms with van der Waals surface area (Å²) in [5.41, 5.74) is 2.01. The molecule has 0 aromatic heterocycles. The number of carbonyl (C=O) groups is 1. The predicted octanol–water partition coefficient (Wildman–Crippen LogP) is 4.12. The Bertz CT molecular complexity index is 648. The first-order valence-electron chi connectivity index (χ1n) is 9.95. The second-order valence-electron chi connectivity index (χ2n) is 6.61. The summed E-state index contributed by atoms with van der Waals surface area (Å²) in [5.74, 6) is -0.350. The van der Waals surface area contributed by atoms with Crippen LogP contribution in [0.2, 0.25) is 0 Å². The van der Waals surface area contributed by atoms with Gasteiger partial charge in [0.1, 0.15) is 6.61 Å². The van der Waals surface area contributed by atoms with E-state index in [0.717, 1.165) is 24.1 Å². The van der Waals surface area contributed by atoms with Gasteiger partial charge in [0.25, 0.3) is 5.91 Å². The highest BCUT2D eigenvalue weighted by molar-refractivity contribution is 8.06. The molecule has 0 aliphatic carbocycles. The van der Waals surface area contributed by atoms with Crippen molar-refractivity contribution in [1.82, 2.24) is 10.6 Å². The van der Waals surface area contributed by atoms with Gasteiger partial charge in [0, 0.05) is 18.2 Å². The summed E-state index contributed by atoms with van der Waals surface area (Å²) >= 11 is 1.19. The molecule has 0 aromatic rings. The number of amides is 1. The number of aliphatic hydroxyl groups is 1. The van der Waals surface area contributed by atoms with Crippen LogP contribution in [-0.2, 0) is 9.53 Å². The third-order valence-corrected chi connectivity index (χ3v) is 5.25. The number of hydrogen-bond acceptors (Lipinski definition) is 6. The molecule has 0 aliphatic rings. The Morgan fingerprint density at radius 3 is 2.45 bits per heavy atom. The van der Waals surface area contributed by atoms with Gasteiger partial charge in [0.05, 0.1) is 17.1 Å². The Morgan fingerprint density at radius 1 is 1.28 bits per heavy atom. The smallest absolute Gasteiger partial charge is 0.255 e. The maximum absolute atomic E-state index is 13.0. The molecule has 0 spiro atoms. The fourth-order valence-corrected chi connectivity index (χ4v) is 3.32. The van der Waals surface area contributed by atoms with E-state index < -0.39 is 12.5 Å². The van der Waals surface area contributed by atoms with Crippen LogP contribution in [0.1, 0.15) is 47.5 Å². The van der Waals surface area contributed by atoms with Crippen LogP contribution < -0.4 is 10.6 Å². The van der Waals surface area contributed by atoms with Crippen LogP contribution in [0.3, 0.4) is 0 Å². The SMILES string of the molecule is C/C=C\CC(CC)C(NC(=O)/C(CO)=C(\S/C=C/C)C(=N)OCCNC)=C(C)C. The topological polar surface area (TPSA) is 94.4 Å². The van der Waals surface area contributed by atoms with Crippen molar-refractivity contribution < 1.29 is 14.6 Å². The predicted molar refractivity (Wildman–Crippen MR) is 124 cm³/mol. The van der Waals surface area contributed by atoms with Crippen LogP contribution in [0.4, 0.5) is 0 Å². The second kappa shape index (κ2) is 16.0. The van der Waals surface area contributed by atoms with Gasteiger partial charge in [-0.05, 0) is 53.0 Å². The van der Waals surface area contributed by atoms with Crippen molar-refractivity contribution in [3.05, 3.63) is 45.4 Å². The molecule has 1 atom stereocenters. The maximum atomic E-state index is 13.0. The van der Waals surface area contributed by atoms with E-state index in [1.807, 2.05) is 39.8 Å². The monoisotopic (exact) mass is 423 g/mol. The molecular formula is C22H37N3O3S. The van der Waals surface area contributed by atoms with Crippen molar-refractivity contribution in [2.24, 2.45) is 5.92 Å². The van der Waals surface area contributed by atoms with Crippen molar-refractivity contribution >= 4 is 23.6 Å². The molecule has 0 fully saturated rings. The van der Waals surface area contributed by atoms with E-state index in [0.29, 0.717) is 18.1 Å². The first-order chi connectivity index (χ1) is 13.9. The summed E-state index contributed by atoms with van der Waals surface area (Å²) in [6, 6.07) is 0. The van der Waals surface area contributed by atoms with Crippen molar-refractivity contribution in [2.75, 3.05) is 26.8 Å². The van der Waals surface area contributed by atoms with E-state index in [-0.39, 0.29) is 17.4 Å². The van der Waals surface area contributed by atoms with E-state index in [9.17, 15) is 9.90 Å². The van der Waals surface area contributed by atoms with E-state index in [2.05, 4.69) is 23.6 Å². The van der Waals surface area contributed by atoms with Crippen molar-refractivity contribution in [3.63, 3.8) is 0 Å². The first kappa shape index (κ1) is 27.2. The second-order valence-corrected chi connectivity index (χ2v) is 7.53. The molecule has 164 valence electrons. The highest BCUT2D eigenvalue weighted by Crippen LogP contribution is 2.25. The van der Waals surface area contributed by atoms with E-state index in [1.54, 1.807) is 12.5 Å². The molecule has 0 aliphatic heterocycles. The number of thioether (sulfide) groups is 1. The quantitative estimate of drug-likeness (QED) is 0.118. The molecule has 0 rings (SSSR count). The number of rotatable bonds is 13. The van der Waals surface area contributed by atoms with Gasteiger partial charge in [0.15, 0.2) is 0 Å². The molecule has 4 N–H and O–H groups in total. The maximum Gasteiger partial charge on any atom is 0.255 e. The van der Waals surface area contributed by atoms with Crippen LogP contribution >= 0.6 is 11.8 Å². The van der Waals surface area contributed by atoms with Gasteiger partial charge in [-0.3, -0.25) is 10.2 Å². The lowest BCUT2D eigenvalue weighted by Gasteiger charge is -2.22. The summed E-state index contributed by atoms with van der Waals surface area (Å²) in [6.45, 7) is 10.2. The molecule has 6 nitrogen and oxygen atoms in total. The fraction of sp³-hybridized carbons (Fsp3) is 0.545. The standard InChI is InChI=1S/C22H37N3O3S/c1-7-10-11-17(9-3)19(16(4)5)25-22(27)18(15-26)20(29-14-8-2)21(23)28-13-12-24-6/h7-8,10,14,17,23-24,26H,9,11-13,15H2,1-6H3,(H,25,27)/b10-7-,14-8+,20-18-,23-21?. The van der Waals surface area contributed by atoms with Crippen molar-refractivity contribution in [1.29, 1.82) is 5.41 Å². The van der Waals surface area contributed by atoms with Gasteiger partial charge in [-0.1, -0.05) is 42.5 Å². The summed E-state index contributed by atoms with van der Waals surface area (Å²) in [7, 11) is 1.80. The molecule has 0 saturated carbocycles. The number of carbonyl (C=O) groups excluding carboxylic acids is 1. The number of likely N-dealkylation sites (N-methyl/N-ethyl adjacent to an activating group) is 1. The zero-order valence-corrected chi connectivity index (χ0v) is 19.4. The van der Waals surface area contributed by atoms with Gasteiger partial charge >= 0.3 is 0 Å². The Morgan fingerprint density at radius 2 is 1.97 bits per heavy atom. The molecule has 1 amide bonds. The summed E-state index contributed by atoms with van der Waals surface area (Å²) in [4.78, 5) is 13.4. The van der Waals surface area contributed by atoms with Crippen LogP contribution in [-0.4, -0.2) is 43.7 Å². The number of ether oxygens (including phenoxy) is 1. The number of allylic oxidation sites excluding steroid dienone is 5. The normalized spacial score (nSPS) is 13.3. The molecule has 1 unspecified atom stereocenters. The molecule has 0 saturated heterocycles. The highest BCUT2D eigenvalue weighted by atomic mass is 32.2. The first-order valence-corrected chi connectivity index (χ1v) is 10.8. The van der Waals surface area contributed by atoms with Gasteiger partial charge in [-0.25, -0.2) is 0 Å². The van der Waals surface area contributed by atoms with E-state index >= 15 is 0 Å². The minimum atomic E-state index is -0.481. The molecule has 29 heavy (non-hydrogen) atoms. The van der Waals surface area contributed by atoms with Crippen LogP contribution in [0.15, 0.2) is 45.4 Å². The molecule has 0 aromatic carbocycles. The third-order valence-electron chi connectivity index (χ3n) is 4.18. The molecular weight excluding hydrogens is 386 g/mol. The van der Waals surface area contributed by atoms with E-state index in [4.69, 9.17) is 10.1 Å². The molecule has 0 radical (unpaired) electrons. The summed E-state index contributed by atoms with van der Waals surface area (Å²) in [6.07, 6.45) is 7.61. The lowest BCUT2D eigenvalue weighted by molar-refractivity contribution is -0.117. The zero-order chi connectivity index (χ0) is 22.2. The highest BCUT2D eigenvalue weighted by Gasteiger charge is 2.22. The largest absolute Gasteiger partial charge is 0.476 e. The zero-order valence-electron chi connectivity index (χ0n) is 18.6. The third kappa shape index (κ3) is 9.96. The van der Waals surface area contributed by atoms with E-state index in [1.165, 1.54) is 11.8 Å². The van der Waals surface area contributed by atoms with Gasteiger partial charge < -0.3 is 20.5 Å². The lowest BCUT2D eigenvalue weighted by Crippen LogP contribution is -2.31. The lowest BCUT2D eigenvalue weighted by atomic mass is 9.94. The Hall–Kier alpha value is -1.83. The van der Waals surface area contributed by atoms with Crippen LogP contribution in [0.5, 0.6) is 0 Å². The fourth-order valence-electron chi connectivity index (χ4n) is 2.59. The minimum Gasteiger partial charge on any atom is -0.476 e. The van der Waals surface area contributed by atoms with Crippen molar-refractivity contribution in [3.8, 4) is 0 Å². The minimum absolute atomic E-state index is 0.123. The van der Waals surface area contributed by atoms with Gasteiger partial charge in [-0.15, -0.1) is 0 Å². The Balaban J connectivity index is 5.83. The molecule has 0 bridgehead atoms. The Labute approximate surface area is 180 Å². The van der Waals surface area contributed by atoms with Crippen LogP contribution in [0.25, 0.3) is 0 Å². The number of hydrogen-bond donors (Lipinski definition) is 4. The molecule has 0 heterocycles. The van der Waals surface area contributed by atoms with Crippen molar-refractivity contribution in [2.45, 2.75) is 47.5 Å². The Kier molecular flexibility index (Phi) is 15.0. The summed E-state index contributed by atoms with van der Waals surface area (Å²) in [5, 5.41) is 25.9. The number of aliphatic hydroxyl groups excluding tert-OH is 1. The average molecular weight is 424 g/mol. The average Bonchev–Trinajstić information content (AvgIpc) is 2.70. The van der Waals surface area contributed by atoms with Crippen LogP contribution in [0, 0.1) is 11.3 Å². The summed E-state index contributed by atoms with van der Waals surface area (Å²) < 4.78 is 5.44. The molecule has 7 heteroatoms. The van der Waals surface area contributed by atoms with Gasteiger partial charge in [-0.2, -0.15) is 0 Å². The number of nitrogens with one attached hydrogen (secondary N) is 3. The van der Waals surface area contributed by atoms with Gasteiger partial charge in [0.2, 0.25) is 5.90 Å².